The molecule has 1 fully saturated rings. The number of halogens is 3. The van der Waals surface area contributed by atoms with Gasteiger partial charge in [0.15, 0.2) is 0 Å². The van der Waals surface area contributed by atoms with E-state index in [-0.39, 0.29) is 12.1 Å². The van der Waals surface area contributed by atoms with Crippen LogP contribution in [0.15, 0.2) is 36.4 Å². The average Bonchev–Trinajstić information content (AvgIpc) is 2.70. The number of hydrazine groups is 1. The summed E-state index contributed by atoms with van der Waals surface area (Å²) in [5, 5.41) is 2.69. The Bertz CT molecular complexity index is 798. The molecule has 1 aliphatic heterocycles. The first-order chi connectivity index (χ1) is 11.1. The Labute approximate surface area is 138 Å². The number of hydrogen-bond acceptors (Lipinski definition) is 2. The van der Waals surface area contributed by atoms with Crippen LogP contribution in [0.1, 0.15) is 31.0 Å². The summed E-state index contributed by atoms with van der Waals surface area (Å²) in [7, 11) is 0. The minimum absolute atomic E-state index is 0.00187. The van der Waals surface area contributed by atoms with Crippen molar-refractivity contribution in [3.63, 3.8) is 0 Å². The molecule has 1 amide bonds. The van der Waals surface area contributed by atoms with Crippen LogP contribution < -0.4 is 5.43 Å². The molecule has 0 bridgehead atoms. The van der Waals surface area contributed by atoms with Crippen LogP contribution in [-0.4, -0.2) is 23.6 Å². The fourth-order valence-electron chi connectivity index (χ4n) is 3.21. The average molecular weight is 336 g/mol. The van der Waals surface area contributed by atoms with E-state index in [9.17, 15) is 18.0 Å². The van der Waals surface area contributed by atoms with Crippen molar-refractivity contribution in [2.45, 2.75) is 33.0 Å². The van der Waals surface area contributed by atoms with Crippen molar-refractivity contribution in [1.82, 2.24) is 10.4 Å². The number of carbonyl (C=O) groups is 1. The van der Waals surface area contributed by atoms with E-state index in [1.165, 1.54) is 0 Å². The quantitative estimate of drug-likeness (QED) is 0.894. The number of amides is 1. The molecule has 0 aromatic heterocycles. The molecule has 1 aliphatic rings. The van der Waals surface area contributed by atoms with Crippen LogP contribution in [0.2, 0.25) is 0 Å². The maximum atomic E-state index is 13.8. The second kappa shape index (κ2) is 5.48. The van der Waals surface area contributed by atoms with Crippen LogP contribution in [0.5, 0.6) is 0 Å². The fraction of sp³-hybridized carbons (Fsp3) is 0.389. The summed E-state index contributed by atoms with van der Waals surface area (Å²) in [5.41, 5.74) is 2.45. The van der Waals surface area contributed by atoms with Gasteiger partial charge in [0.05, 0.1) is 5.41 Å². The number of hydrogen-bond donors (Lipinski definition) is 1. The Morgan fingerprint density at radius 2 is 1.88 bits per heavy atom. The van der Waals surface area contributed by atoms with Crippen molar-refractivity contribution >= 4 is 16.7 Å². The summed E-state index contributed by atoms with van der Waals surface area (Å²) in [6, 6.07) is 8.58. The van der Waals surface area contributed by atoms with E-state index >= 15 is 0 Å². The molecule has 0 aliphatic carbocycles. The third-order valence-electron chi connectivity index (χ3n) is 4.45. The first-order valence-electron chi connectivity index (χ1n) is 7.73. The first-order valence-corrected chi connectivity index (χ1v) is 7.73. The van der Waals surface area contributed by atoms with Crippen LogP contribution in [-0.2, 0) is 4.79 Å². The van der Waals surface area contributed by atoms with Gasteiger partial charge in [0.25, 0.3) is 0 Å². The lowest BCUT2D eigenvalue weighted by atomic mass is 9.93. The van der Waals surface area contributed by atoms with Crippen molar-refractivity contribution in [1.29, 1.82) is 0 Å². The van der Waals surface area contributed by atoms with Gasteiger partial charge in [-0.2, -0.15) is 13.2 Å². The highest BCUT2D eigenvalue weighted by molar-refractivity contribution is 5.86. The number of alkyl halides is 3. The molecule has 24 heavy (non-hydrogen) atoms. The smallest absolute Gasteiger partial charge is 0.287 e. The van der Waals surface area contributed by atoms with E-state index in [1.54, 1.807) is 45.0 Å². The highest BCUT2D eigenvalue weighted by Gasteiger charge is 2.51. The Kier molecular flexibility index (Phi) is 3.83. The van der Waals surface area contributed by atoms with Gasteiger partial charge in [-0.05, 0) is 48.7 Å². The molecule has 3 nitrogen and oxygen atoms in total. The Balaban J connectivity index is 2.10. The highest BCUT2D eigenvalue weighted by Crippen LogP contribution is 2.41. The lowest BCUT2D eigenvalue weighted by molar-refractivity contribution is -0.191. The van der Waals surface area contributed by atoms with Gasteiger partial charge < -0.3 is 0 Å². The van der Waals surface area contributed by atoms with Crippen molar-refractivity contribution in [2.24, 2.45) is 5.41 Å². The predicted octanol–water partition coefficient (Wildman–Crippen LogP) is 4.12. The van der Waals surface area contributed by atoms with Gasteiger partial charge in [-0.3, -0.25) is 10.2 Å². The summed E-state index contributed by atoms with van der Waals surface area (Å²) in [5.74, 6) is -0.394. The van der Waals surface area contributed by atoms with E-state index in [1.807, 2.05) is 12.1 Å². The number of nitrogens with one attached hydrogen (secondary N) is 1. The van der Waals surface area contributed by atoms with Crippen molar-refractivity contribution in [3.8, 4) is 0 Å². The van der Waals surface area contributed by atoms with Gasteiger partial charge >= 0.3 is 6.18 Å². The van der Waals surface area contributed by atoms with E-state index in [4.69, 9.17) is 0 Å². The lowest BCUT2D eigenvalue weighted by Gasteiger charge is -2.30. The highest BCUT2D eigenvalue weighted by atomic mass is 19.4. The number of carbonyl (C=O) groups excluding carboxylic acids is 1. The van der Waals surface area contributed by atoms with Crippen LogP contribution in [0, 0.1) is 12.3 Å². The van der Waals surface area contributed by atoms with Crippen molar-refractivity contribution in [2.75, 3.05) is 6.54 Å². The van der Waals surface area contributed by atoms with E-state index in [2.05, 4.69) is 5.43 Å². The molecule has 0 spiro atoms. The Morgan fingerprint density at radius 1 is 1.21 bits per heavy atom. The second-order valence-electron chi connectivity index (χ2n) is 6.96. The monoisotopic (exact) mass is 336 g/mol. The second-order valence-corrected chi connectivity index (χ2v) is 6.96. The van der Waals surface area contributed by atoms with Crippen LogP contribution >= 0.6 is 0 Å². The summed E-state index contributed by atoms with van der Waals surface area (Å²) in [6.45, 7) is 5.08. The Hall–Kier alpha value is -2.08. The van der Waals surface area contributed by atoms with Gasteiger partial charge in [-0.1, -0.05) is 30.3 Å². The van der Waals surface area contributed by atoms with E-state index < -0.39 is 23.5 Å². The maximum Gasteiger partial charge on any atom is 0.409 e. The Morgan fingerprint density at radius 3 is 2.46 bits per heavy atom. The van der Waals surface area contributed by atoms with Gasteiger partial charge in [0.2, 0.25) is 5.91 Å². The SMILES string of the molecule is Cc1cc(C(N2CC(C)(C)C(=O)N2)C(F)(F)F)cc2ccccc12. The first kappa shape index (κ1) is 16.8. The minimum Gasteiger partial charge on any atom is -0.287 e. The number of nitrogens with zero attached hydrogens (tertiary/aromatic N) is 1. The molecule has 2 aromatic rings. The summed E-state index contributed by atoms with van der Waals surface area (Å²) in [6.07, 6.45) is -4.50. The summed E-state index contributed by atoms with van der Waals surface area (Å²) >= 11 is 0. The normalized spacial score (nSPS) is 19.5. The zero-order valence-electron chi connectivity index (χ0n) is 13.7. The van der Waals surface area contributed by atoms with Gasteiger partial charge in [-0.15, -0.1) is 0 Å². The van der Waals surface area contributed by atoms with Crippen LogP contribution in [0.25, 0.3) is 10.8 Å². The lowest BCUT2D eigenvalue weighted by Crippen LogP contribution is -2.43. The minimum atomic E-state index is -4.50. The maximum absolute atomic E-state index is 13.8. The third kappa shape index (κ3) is 2.86. The van der Waals surface area contributed by atoms with Crippen LogP contribution in [0.4, 0.5) is 13.2 Å². The molecular formula is C18H19F3N2O. The van der Waals surface area contributed by atoms with Gasteiger partial charge in [-0.25, -0.2) is 5.01 Å². The molecule has 2 aromatic carbocycles. The predicted molar refractivity (Wildman–Crippen MR) is 86.1 cm³/mol. The summed E-state index contributed by atoms with van der Waals surface area (Å²) in [4.78, 5) is 11.9. The molecular weight excluding hydrogens is 317 g/mol. The standard InChI is InChI=1S/C18H19F3N2O/c1-11-8-13(9-12-6-4-5-7-14(11)12)15(18(19,20)21)23-10-17(2,3)16(24)22-23/h4-9,15H,10H2,1-3H3,(H,22,24). The zero-order valence-corrected chi connectivity index (χ0v) is 13.7. The number of fused-ring (bicyclic) bond motifs is 1. The third-order valence-corrected chi connectivity index (χ3v) is 4.45. The van der Waals surface area contributed by atoms with E-state index in [0.29, 0.717) is 0 Å². The molecule has 0 radical (unpaired) electrons. The topological polar surface area (TPSA) is 32.3 Å². The molecule has 3 rings (SSSR count). The largest absolute Gasteiger partial charge is 0.409 e. The molecule has 128 valence electrons. The molecule has 1 N–H and O–H groups in total. The van der Waals surface area contributed by atoms with Crippen LogP contribution in [0.3, 0.4) is 0 Å². The number of benzene rings is 2. The van der Waals surface area contributed by atoms with Crippen molar-refractivity contribution < 1.29 is 18.0 Å². The number of aryl methyl sites for hydroxylation is 1. The molecule has 1 saturated heterocycles. The zero-order chi connectivity index (χ0) is 17.7. The molecule has 0 saturated carbocycles. The van der Waals surface area contributed by atoms with Crippen molar-refractivity contribution in [3.05, 3.63) is 47.5 Å². The molecule has 1 atom stereocenters. The van der Waals surface area contributed by atoms with Gasteiger partial charge in [0, 0.05) is 6.54 Å². The summed E-state index contributed by atoms with van der Waals surface area (Å²) < 4.78 is 41.3. The molecule has 6 heteroatoms. The molecule has 1 heterocycles. The molecule has 1 unspecified atom stereocenters. The fourth-order valence-corrected chi connectivity index (χ4v) is 3.21. The van der Waals surface area contributed by atoms with Gasteiger partial charge in [0.1, 0.15) is 6.04 Å². The number of rotatable bonds is 2. The van der Waals surface area contributed by atoms with E-state index in [0.717, 1.165) is 21.3 Å².